The van der Waals surface area contributed by atoms with Crippen LogP contribution in [0.3, 0.4) is 0 Å². The molecule has 0 amide bonds. The van der Waals surface area contributed by atoms with Gasteiger partial charge in [0.2, 0.25) is 0 Å². The van der Waals surface area contributed by atoms with Crippen molar-refractivity contribution >= 4 is 11.5 Å². The van der Waals surface area contributed by atoms with E-state index < -0.39 is 5.97 Å². The molecule has 2 rings (SSSR count). The average Bonchev–Trinajstić information content (AvgIpc) is 2.73. The number of aromatic nitrogens is 1. The first-order valence-corrected chi connectivity index (χ1v) is 5.19. The second-order valence-electron chi connectivity index (χ2n) is 3.51. The van der Waals surface area contributed by atoms with E-state index in [1.54, 1.807) is 12.3 Å². The normalized spacial score (nSPS) is 10.6. The molecule has 0 bridgehead atoms. The number of hydrogen-bond donors (Lipinski definition) is 1. The molecule has 16 heavy (non-hydrogen) atoms. The molecule has 0 atom stereocenters. The zero-order valence-electron chi connectivity index (χ0n) is 9.01. The minimum atomic E-state index is -0.963. The van der Waals surface area contributed by atoms with E-state index in [1.165, 1.54) is 0 Å². The third-order valence-corrected chi connectivity index (χ3v) is 2.34. The topological polar surface area (TPSA) is 50.9 Å². The molecule has 0 aliphatic heterocycles. The zero-order chi connectivity index (χ0) is 11.5. The van der Waals surface area contributed by atoms with Crippen molar-refractivity contribution in [2.24, 2.45) is 0 Å². The van der Waals surface area contributed by atoms with Gasteiger partial charge in [0.15, 0.2) is 5.75 Å². The summed E-state index contributed by atoms with van der Waals surface area (Å²) in [5.41, 5.74) is 0.994. The Morgan fingerprint density at radius 3 is 2.94 bits per heavy atom. The molecule has 84 valence electrons. The second kappa shape index (κ2) is 4.26. The van der Waals surface area contributed by atoms with Gasteiger partial charge in [-0.2, -0.15) is 0 Å². The maximum Gasteiger partial charge on any atom is 0.339 e. The Balaban J connectivity index is 2.56. The number of aromatic carboxylic acids is 1. The number of fused-ring (bicyclic) bond motifs is 1. The molecule has 0 aliphatic rings. The van der Waals surface area contributed by atoms with Gasteiger partial charge in [-0.3, -0.25) is 0 Å². The van der Waals surface area contributed by atoms with E-state index in [9.17, 15) is 4.79 Å². The molecular weight excluding hydrogens is 206 g/mol. The van der Waals surface area contributed by atoms with Gasteiger partial charge >= 0.3 is 5.97 Å². The van der Waals surface area contributed by atoms with Gasteiger partial charge in [-0.25, -0.2) is 4.79 Å². The predicted octanol–water partition coefficient (Wildman–Crippen LogP) is 2.43. The first-order chi connectivity index (χ1) is 7.74. The van der Waals surface area contributed by atoms with E-state index in [0.29, 0.717) is 12.4 Å². The van der Waals surface area contributed by atoms with Crippen molar-refractivity contribution in [3.63, 3.8) is 0 Å². The number of pyridine rings is 1. The highest BCUT2D eigenvalue weighted by molar-refractivity contribution is 5.93. The number of carbonyl (C=O) groups is 1. The van der Waals surface area contributed by atoms with Gasteiger partial charge in [0.1, 0.15) is 5.56 Å². The summed E-state index contributed by atoms with van der Waals surface area (Å²) in [6, 6.07) is 5.26. The van der Waals surface area contributed by atoms with Crippen LogP contribution in [-0.2, 0) is 0 Å². The highest BCUT2D eigenvalue weighted by atomic mass is 16.5. The number of nitrogens with zero attached hydrogens (tertiary/aromatic N) is 1. The van der Waals surface area contributed by atoms with Crippen LogP contribution in [-0.4, -0.2) is 22.1 Å². The number of ether oxygens (including phenoxy) is 1. The van der Waals surface area contributed by atoms with E-state index in [-0.39, 0.29) is 5.56 Å². The number of carboxylic acids is 1. The van der Waals surface area contributed by atoms with Gasteiger partial charge in [-0.1, -0.05) is 6.92 Å². The monoisotopic (exact) mass is 219 g/mol. The summed E-state index contributed by atoms with van der Waals surface area (Å²) in [6.45, 7) is 2.50. The molecule has 2 heterocycles. The maximum absolute atomic E-state index is 11.1. The SMILES string of the molecule is CCCOc1c(C(=O)O)ccn2cccc12. The Morgan fingerprint density at radius 1 is 1.44 bits per heavy atom. The van der Waals surface area contributed by atoms with Crippen LogP contribution in [0.4, 0.5) is 0 Å². The molecule has 0 unspecified atom stereocenters. The van der Waals surface area contributed by atoms with Crippen LogP contribution in [0, 0.1) is 0 Å². The quantitative estimate of drug-likeness (QED) is 0.859. The highest BCUT2D eigenvalue weighted by Gasteiger charge is 2.14. The van der Waals surface area contributed by atoms with E-state index >= 15 is 0 Å². The van der Waals surface area contributed by atoms with E-state index in [1.807, 2.05) is 29.7 Å². The summed E-state index contributed by atoms with van der Waals surface area (Å²) >= 11 is 0. The van der Waals surface area contributed by atoms with Crippen molar-refractivity contribution < 1.29 is 14.6 Å². The minimum Gasteiger partial charge on any atom is -0.490 e. The van der Waals surface area contributed by atoms with Gasteiger partial charge in [-0.05, 0) is 24.6 Å². The highest BCUT2D eigenvalue weighted by Crippen LogP contribution is 2.25. The van der Waals surface area contributed by atoms with Gasteiger partial charge in [0.25, 0.3) is 0 Å². The number of carboxylic acid groups (broad SMARTS) is 1. The van der Waals surface area contributed by atoms with Crippen LogP contribution >= 0.6 is 0 Å². The van der Waals surface area contributed by atoms with Crippen molar-refractivity contribution in [3.05, 3.63) is 36.2 Å². The first-order valence-electron chi connectivity index (χ1n) is 5.19. The third-order valence-electron chi connectivity index (χ3n) is 2.34. The summed E-state index contributed by atoms with van der Waals surface area (Å²) in [4.78, 5) is 11.1. The Kier molecular flexibility index (Phi) is 2.81. The van der Waals surface area contributed by atoms with Gasteiger partial charge in [-0.15, -0.1) is 0 Å². The fourth-order valence-electron chi connectivity index (χ4n) is 1.61. The van der Waals surface area contributed by atoms with Crippen LogP contribution in [0.1, 0.15) is 23.7 Å². The molecule has 2 aromatic heterocycles. The molecule has 4 heteroatoms. The average molecular weight is 219 g/mol. The smallest absolute Gasteiger partial charge is 0.339 e. The van der Waals surface area contributed by atoms with Crippen LogP contribution < -0.4 is 4.74 Å². The van der Waals surface area contributed by atoms with Crippen LogP contribution in [0.5, 0.6) is 5.75 Å². The summed E-state index contributed by atoms with van der Waals surface area (Å²) < 4.78 is 7.36. The molecule has 2 aromatic rings. The fraction of sp³-hybridized carbons (Fsp3) is 0.250. The van der Waals surface area contributed by atoms with Gasteiger partial charge < -0.3 is 14.2 Å². The summed E-state index contributed by atoms with van der Waals surface area (Å²) in [5, 5.41) is 9.07. The molecule has 0 aliphatic carbocycles. The Hall–Kier alpha value is -1.97. The summed E-state index contributed by atoms with van der Waals surface area (Å²) in [6.07, 6.45) is 4.43. The van der Waals surface area contributed by atoms with E-state index in [4.69, 9.17) is 9.84 Å². The fourth-order valence-corrected chi connectivity index (χ4v) is 1.61. The summed E-state index contributed by atoms with van der Waals surface area (Å²) in [5.74, 6) is -0.517. The molecule has 0 spiro atoms. The Labute approximate surface area is 93.1 Å². The molecule has 0 saturated heterocycles. The molecule has 0 fully saturated rings. The van der Waals surface area contributed by atoms with Crippen molar-refractivity contribution in [2.45, 2.75) is 13.3 Å². The molecule has 4 nitrogen and oxygen atoms in total. The van der Waals surface area contributed by atoms with E-state index in [0.717, 1.165) is 11.9 Å². The van der Waals surface area contributed by atoms with Crippen molar-refractivity contribution in [2.75, 3.05) is 6.61 Å². The predicted molar refractivity (Wildman–Crippen MR) is 60.1 cm³/mol. The largest absolute Gasteiger partial charge is 0.490 e. The van der Waals surface area contributed by atoms with Gasteiger partial charge in [0, 0.05) is 12.4 Å². The minimum absolute atomic E-state index is 0.208. The van der Waals surface area contributed by atoms with Gasteiger partial charge in [0.05, 0.1) is 12.1 Å². The maximum atomic E-state index is 11.1. The lowest BCUT2D eigenvalue weighted by Crippen LogP contribution is -2.05. The zero-order valence-corrected chi connectivity index (χ0v) is 9.01. The molecular formula is C12H13NO3. The van der Waals surface area contributed by atoms with Crippen LogP contribution in [0.2, 0.25) is 0 Å². The van der Waals surface area contributed by atoms with Crippen molar-refractivity contribution in [1.29, 1.82) is 0 Å². The van der Waals surface area contributed by atoms with Crippen molar-refractivity contribution in [1.82, 2.24) is 4.40 Å². The van der Waals surface area contributed by atoms with Crippen molar-refractivity contribution in [3.8, 4) is 5.75 Å². The number of rotatable bonds is 4. The number of hydrogen-bond acceptors (Lipinski definition) is 2. The molecule has 0 aromatic carbocycles. The van der Waals surface area contributed by atoms with Crippen LogP contribution in [0.25, 0.3) is 5.52 Å². The molecule has 0 saturated carbocycles. The second-order valence-corrected chi connectivity index (χ2v) is 3.51. The summed E-state index contributed by atoms with van der Waals surface area (Å²) in [7, 11) is 0. The molecule has 0 radical (unpaired) electrons. The lowest BCUT2D eigenvalue weighted by molar-refractivity contribution is 0.0692. The van der Waals surface area contributed by atoms with Crippen LogP contribution in [0.15, 0.2) is 30.6 Å². The third kappa shape index (κ3) is 1.74. The lowest BCUT2D eigenvalue weighted by Gasteiger charge is -2.10. The Bertz CT molecular complexity index is 516. The standard InChI is InChI=1S/C12H13NO3/c1-2-8-16-11-9(12(14)15)5-7-13-6-3-4-10(11)13/h3-7H,2,8H2,1H3,(H,14,15). The first kappa shape index (κ1) is 10.5. The molecule has 1 N–H and O–H groups in total. The van der Waals surface area contributed by atoms with E-state index in [2.05, 4.69) is 0 Å². The lowest BCUT2D eigenvalue weighted by atomic mass is 10.2. The Morgan fingerprint density at radius 2 is 2.25 bits per heavy atom.